The first kappa shape index (κ1) is 11.5. The van der Waals surface area contributed by atoms with Crippen molar-refractivity contribution in [3.63, 3.8) is 0 Å². The summed E-state index contributed by atoms with van der Waals surface area (Å²) >= 11 is 0. The van der Waals surface area contributed by atoms with E-state index in [2.05, 4.69) is 28.4 Å². The average Bonchev–Trinajstić information content (AvgIpc) is 3.15. The molecule has 0 aliphatic heterocycles. The summed E-state index contributed by atoms with van der Waals surface area (Å²) in [5, 5.41) is 9.17. The van der Waals surface area contributed by atoms with Crippen LogP contribution in [0.25, 0.3) is 11.0 Å². The second-order valence-electron chi connectivity index (χ2n) is 5.30. The Kier molecular flexibility index (Phi) is 2.73. The molecule has 1 aliphatic rings. The number of fused-ring (bicyclic) bond motifs is 1. The van der Waals surface area contributed by atoms with Gasteiger partial charge in [0.2, 0.25) is 0 Å². The van der Waals surface area contributed by atoms with E-state index in [4.69, 9.17) is 0 Å². The van der Waals surface area contributed by atoms with Crippen molar-refractivity contribution in [3.8, 4) is 0 Å². The second kappa shape index (κ2) is 4.26. The fourth-order valence-corrected chi connectivity index (χ4v) is 2.65. The van der Waals surface area contributed by atoms with Crippen molar-refractivity contribution in [2.24, 2.45) is 13.0 Å². The first-order valence-corrected chi connectivity index (χ1v) is 6.75. The molecule has 96 valence electrons. The Labute approximate surface area is 107 Å². The van der Waals surface area contributed by atoms with Gasteiger partial charge in [-0.3, -0.25) is 4.68 Å². The molecule has 1 N–H and O–H groups in total. The van der Waals surface area contributed by atoms with Crippen molar-refractivity contribution < 1.29 is 0 Å². The zero-order valence-corrected chi connectivity index (χ0v) is 11.3. The summed E-state index contributed by atoms with van der Waals surface area (Å²) in [5.41, 5.74) is 3.12. The van der Waals surface area contributed by atoms with Crippen LogP contribution in [0.2, 0.25) is 0 Å². The molecule has 2 heterocycles. The Morgan fingerprint density at radius 1 is 1.50 bits per heavy atom. The van der Waals surface area contributed by atoms with E-state index in [1.54, 1.807) is 0 Å². The standard InChI is InChI=1S/C14H20N4/c1-4-13(10-5-6-10)16-11-7-12-9(2)17-18(3)14(12)15-8-11/h7-8,10,13,16H,4-6H2,1-3H3. The molecule has 0 spiro atoms. The predicted octanol–water partition coefficient (Wildman–Crippen LogP) is 2.88. The number of hydrogen-bond acceptors (Lipinski definition) is 3. The highest BCUT2D eigenvalue weighted by atomic mass is 15.3. The molecule has 2 aromatic rings. The van der Waals surface area contributed by atoms with Gasteiger partial charge in [-0.1, -0.05) is 6.92 Å². The van der Waals surface area contributed by atoms with E-state index in [9.17, 15) is 0 Å². The van der Waals surface area contributed by atoms with Crippen molar-refractivity contribution in [1.29, 1.82) is 0 Å². The van der Waals surface area contributed by atoms with E-state index in [0.717, 1.165) is 28.3 Å². The molecule has 0 radical (unpaired) electrons. The van der Waals surface area contributed by atoms with Gasteiger partial charge in [-0.05, 0) is 38.2 Å². The summed E-state index contributed by atoms with van der Waals surface area (Å²) in [6.07, 6.45) is 5.84. The van der Waals surface area contributed by atoms with E-state index < -0.39 is 0 Å². The van der Waals surface area contributed by atoms with Crippen molar-refractivity contribution in [1.82, 2.24) is 14.8 Å². The largest absolute Gasteiger partial charge is 0.381 e. The normalized spacial score (nSPS) is 17.1. The number of hydrogen-bond donors (Lipinski definition) is 1. The van der Waals surface area contributed by atoms with E-state index >= 15 is 0 Å². The quantitative estimate of drug-likeness (QED) is 0.899. The van der Waals surface area contributed by atoms with Gasteiger partial charge in [0.1, 0.15) is 0 Å². The predicted molar refractivity (Wildman–Crippen MR) is 73.7 cm³/mol. The third kappa shape index (κ3) is 1.96. The Morgan fingerprint density at radius 3 is 2.94 bits per heavy atom. The molecular weight excluding hydrogens is 224 g/mol. The lowest BCUT2D eigenvalue weighted by atomic mass is 10.1. The van der Waals surface area contributed by atoms with Gasteiger partial charge in [-0.15, -0.1) is 0 Å². The van der Waals surface area contributed by atoms with Crippen molar-refractivity contribution in [3.05, 3.63) is 18.0 Å². The topological polar surface area (TPSA) is 42.7 Å². The molecule has 0 amide bonds. The lowest BCUT2D eigenvalue weighted by Crippen LogP contribution is -2.20. The van der Waals surface area contributed by atoms with Gasteiger partial charge in [0, 0.05) is 18.5 Å². The maximum absolute atomic E-state index is 4.51. The van der Waals surface area contributed by atoms with Crippen molar-refractivity contribution in [2.75, 3.05) is 5.32 Å². The fraction of sp³-hybridized carbons (Fsp3) is 0.571. The molecule has 1 atom stereocenters. The van der Waals surface area contributed by atoms with Crippen LogP contribution in [0, 0.1) is 12.8 Å². The summed E-state index contributed by atoms with van der Waals surface area (Å²) in [5.74, 6) is 0.862. The first-order valence-electron chi connectivity index (χ1n) is 6.75. The molecule has 1 aliphatic carbocycles. The van der Waals surface area contributed by atoms with Crippen LogP contribution in [0.4, 0.5) is 5.69 Å². The molecular formula is C14H20N4. The Morgan fingerprint density at radius 2 is 2.28 bits per heavy atom. The van der Waals surface area contributed by atoms with Gasteiger partial charge in [0.05, 0.1) is 17.6 Å². The van der Waals surface area contributed by atoms with Crippen molar-refractivity contribution in [2.45, 2.75) is 39.2 Å². The van der Waals surface area contributed by atoms with Crippen LogP contribution >= 0.6 is 0 Å². The Hall–Kier alpha value is -1.58. The number of aromatic nitrogens is 3. The number of pyridine rings is 1. The number of nitrogens with one attached hydrogen (secondary N) is 1. The molecule has 18 heavy (non-hydrogen) atoms. The summed E-state index contributed by atoms with van der Waals surface area (Å²) in [7, 11) is 1.94. The van der Waals surface area contributed by atoms with Crippen LogP contribution in [-0.2, 0) is 7.05 Å². The number of rotatable bonds is 4. The van der Waals surface area contributed by atoms with Gasteiger partial charge in [0.15, 0.2) is 5.65 Å². The summed E-state index contributed by atoms with van der Waals surface area (Å²) in [6, 6.07) is 2.77. The molecule has 1 saturated carbocycles. The van der Waals surface area contributed by atoms with E-state index in [1.165, 1.54) is 19.3 Å². The molecule has 0 saturated heterocycles. The minimum atomic E-state index is 0.598. The first-order chi connectivity index (χ1) is 8.69. The third-order valence-corrected chi connectivity index (χ3v) is 3.85. The molecule has 0 aromatic carbocycles. The molecule has 4 heteroatoms. The highest BCUT2D eigenvalue weighted by Gasteiger charge is 2.29. The van der Waals surface area contributed by atoms with E-state index in [-0.39, 0.29) is 0 Å². The highest BCUT2D eigenvalue weighted by Crippen LogP contribution is 2.35. The van der Waals surface area contributed by atoms with Crippen LogP contribution < -0.4 is 5.32 Å². The minimum Gasteiger partial charge on any atom is -0.381 e. The van der Waals surface area contributed by atoms with Gasteiger partial charge in [-0.25, -0.2) is 4.98 Å². The maximum atomic E-state index is 4.51. The Balaban J connectivity index is 1.90. The summed E-state index contributed by atoms with van der Waals surface area (Å²) < 4.78 is 1.84. The molecule has 4 nitrogen and oxygen atoms in total. The maximum Gasteiger partial charge on any atom is 0.157 e. The number of anilines is 1. The smallest absolute Gasteiger partial charge is 0.157 e. The average molecular weight is 244 g/mol. The van der Waals surface area contributed by atoms with E-state index in [1.807, 2.05) is 24.9 Å². The molecule has 0 bridgehead atoms. The summed E-state index contributed by atoms with van der Waals surface area (Å²) in [6.45, 7) is 4.28. The minimum absolute atomic E-state index is 0.598. The zero-order chi connectivity index (χ0) is 12.7. The SMILES string of the molecule is CCC(Nc1cnc2c(c1)c(C)nn2C)C1CC1. The lowest BCUT2D eigenvalue weighted by molar-refractivity contribution is 0.616. The summed E-state index contributed by atoms with van der Waals surface area (Å²) in [4.78, 5) is 4.51. The number of nitrogens with zero attached hydrogens (tertiary/aromatic N) is 3. The highest BCUT2D eigenvalue weighted by molar-refractivity contribution is 5.81. The van der Waals surface area contributed by atoms with Gasteiger partial charge in [-0.2, -0.15) is 5.10 Å². The van der Waals surface area contributed by atoms with E-state index in [0.29, 0.717) is 6.04 Å². The third-order valence-electron chi connectivity index (χ3n) is 3.85. The molecule has 1 unspecified atom stereocenters. The van der Waals surface area contributed by atoms with Crippen molar-refractivity contribution >= 4 is 16.7 Å². The fourth-order valence-electron chi connectivity index (χ4n) is 2.65. The molecule has 1 fully saturated rings. The van der Waals surface area contributed by atoms with Crippen LogP contribution in [0.15, 0.2) is 12.3 Å². The van der Waals surface area contributed by atoms with Crippen LogP contribution in [-0.4, -0.2) is 20.8 Å². The van der Waals surface area contributed by atoms with Crippen LogP contribution in [0.1, 0.15) is 31.9 Å². The lowest BCUT2D eigenvalue weighted by Gasteiger charge is -2.17. The Bertz CT molecular complexity index is 568. The zero-order valence-electron chi connectivity index (χ0n) is 11.3. The van der Waals surface area contributed by atoms with Gasteiger partial charge < -0.3 is 5.32 Å². The van der Waals surface area contributed by atoms with Crippen LogP contribution in [0.3, 0.4) is 0 Å². The van der Waals surface area contributed by atoms with Gasteiger partial charge in [0.25, 0.3) is 0 Å². The molecule has 3 rings (SSSR count). The van der Waals surface area contributed by atoms with Gasteiger partial charge >= 0.3 is 0 Å². The molecule has 2 aromatic heterocycles. The second-order valence-corrected chi connectivity index (χ2v) is 5.30. The monoisotopic (exact) mass is 244 g/mol. The van der Waals surface area contributed by atoms with Crippen LogP contribution in [0.5, 0.6) is 0 Å². The number of aryl methyl sites for hydroxylation is 2.